The molecular formula is C16H17O4. The van der Waals surface area contributed by atoms with Gasteiger partial charge in [0.15, 0.2) is 11.5 Å². The van der Waals surface area contributed by atoms with E-state index in [0.29, 0.717) is 23.0 Å². The van der Waals surface area contributed by atoms with Crippen LogP contribution in [0.1, 0.15) is 0 Å². The van der Waals surface area contributed by atoms with Gasteiger partial charge in [0.25, 0.3) is 0 Å². The highest BCUT2D eigenvalue weighted by atomic mass is 16.5. The fourth-order valence-corrected chi connectivity index (χ4v) is 2.01. The lowest BCUT2D eigenvalue weighted by molar-refractivity contribution is 0.349. The first-order valence-electron chi connectivity index (χ1n) is 6.06. The second kappa shape index (κ2) is 6.19. The molecule has 2 aromatic carbocycles. The summed E-state index contributed by atoms with van der Waals surface area (Å²) in [6.07, 6.45) is 0. The molecule has 0 amide bonds. The second-order valence-corrected chi connectivity index (χ2v) is 4.08. The molecule has 2 rings (SSSR count). The standard InChI is InChI=1S/C16H17O4/c1-17-12-7-5-6-11(8-12)13-9-15(19-3)16(20-4)10-14(13)18-2/h5-10H,1H2,2-4H3. The molecule has 1 radical (unpaired) electrons. The molecule has 0 unspecified atom stereocenters. The van der Waals surface area contributed by atoms with Crippen LogP contribution in [0.5, 0.6) is 23.0 Å². The number of hydrogen-bond donors (Lipinski definition) is 0. The highest BCUT2D eigenvalue weighted by Gasteiger charge is 2.13. The van der Waals surface area contributed by atoms with E-state index in [1.165, 1.54) is 0 Å². The Kier molecular flexibility index (Phi) is 4.35. The van der Waals surface area contributed by atoms with Crippen LogP contribution >= 0.6 is 0 Å². The van der Waals surface area contributed by atoms with Crippen molar-refractivity contribution < 1.29 is 18.9 Å². The van der Waals surface area contributed by atoms with Crippen LogP contribution in [0, 0.1) is 7.11 Å². The average molecular weight is 273 g/mol. The Hall–Kier alpha value is -2.36. The van der Waals surface area contributed by atoms with Crippen molar-refractivity contribution in [1.29, 1.82) is 0 Å². The van der Waals surface area contributed by atoms with Gasteiger partial charge in [-0.15, -0.1) is 0 Å². The first-order valence-corrected chi connectivity index (χ1v) is 6.06. The summed E-state index contributed by atoms with van der Waals surface area (Å²) in [7, 11) is 8.23. The maximum atomic E-state index is 5.42. The Bertz CT molecular complexity index is 593. The van der Waals surface area contributed by atoms with Gasteiger partial charge in [-0.2, -0.15) is 0 Å². The average Bonchev–Trinajstić information content (AvgIpc) is 2.53. The molecule has 4 nitrogen and oxygen atoms in total. The van der Waals surface area contributed by atoms with Crippen molar-refractivity contribution in [3.63, 3.8) is 0 Å². The van der Waals surface area contributed by atoms with Crippen molar-refractivity contribution in [2.75, 3.05) is 21.3 Å². The highest BCUT2D eigenvalue weighted by molar-refractivity contribution is 5.75. The molecule has 0 saturated heterocycles. The summed E-state index contributed by atoms with van der Waals surface area (Å²) in [6.45, 7) is 0. The summed E-state index contributed by atoms with van der Waals surface area (Å²) in [5.74, 6) is 2.64. The molecule has 0 saturated carbocycles. The van der Waals surface area contributed by atoms with Gasteiger partial charge in [-0.25, -0.2) is 0 Å². The van der Waals surface area contributed by atoms with Crippen molar-refractivity contribution in [2.24, 2.45) is 0 Å². The van der Waals surface area contributed by atoms with Crippen LogP contribution in [0.4, 0.5) is 0 Å². The maximum Gasteiger partial charge on any atom is 0.164 e. The number of benzene rings is 2. The molecule has 2 aromatic rings. The third kappa shape index (κ3) is 2.64. The van der Waals surface area contributed by atoms with Gasteiger partial charge in [0.1, 0.15) is 18.6 Å². The van der Waals surface area contributed by atoms with Gasteiger partial charge in [-0.3, -0.25) is 0 Å². The summed E-state index contributed by atoms with van der Waals surface area (Å²) in [6, 6.07) is 11.3. The van der Waals surface area contributed by atoms with E-state index in [-0.39, 0.29) is 0 Å². The van der Waals surface area contributed by atoms with E-state index in [1.807, 2.05) is 30.3 Å². The smallest absolute Gasteiger partial charge is 0.164 e. The van der Waals surface area contributed by atoms with Crippen LogP contribution < -0.4 is 18.9 Å². The second-order valence-electron chi connectivity index (χ2n) is 4.08. The Labute approximate surface area is 118 Å². The lowest BCUT2D eigenvalue weighted by Gasteiger charge is -2.14. The molecule has 0 atom stereocenters. The van der Waals surface area contributed by atoms with Gasteiger partial charge in [0.2, 0.25) is 0 Å². The molecule has 20 heavy (non-hydrogen) atoms. The largest absolute Gasteiger partial charge is 0.496 e. The van der Waals surface area contributed by atoms with E-state index in [1.54, 1.807) is 27.4 Å². The van der Waals surface area contributed by atoms with Crippen molar-refractivity contribution in [1.82, 2.24) is 0 Å². The molecule has 0 N–H and O–H groups in total. The van der Waals surface area contributed by atoms with Crippen LogP contribution in [0.3, 0.4) is 0 Å². The van der Waals surface area contributed by atoms with Gasteiger partial charge in [0, 0.05) is 11.6 Å². The molecule has 105 valence electrons. The first kappa shape index (κ1) is 14.1. The van der Waals surface area contributed by atoms with E-state index < -0.39 is 0 Å². The number of ether oxygens (including phenoxy) is 4. The molecule has 0 fully saturated rings. The summed E-state index contributed by atoms with van der Waals surface area (Å²) in [5, 5.41) is 0. The zero-order valence-corrected chi connectivity index (χ0v) is 11.8. The molecule has 0 aliphatic rings. The normalized spacial score (nSPS) is 10.0. The summed E-state index contributed by atoms with van der Waals surface area (Å²) >= 11 is 0. The number of rotatable bonds is 5. The van der Waals surface area contributed by atoms with E-state index in [0.717, 1.165) is 11.1 Å². The van der Waals surface area contributed by atoms with Gasteiger partial charge < -0.3 is 18.9 Å². The first-order chi connectivity index (χ1) is 9.73. The van der Waals surface area contributed by atoms with Crippen LogP contribution in [0.2, 0.25) is 0 Å². The Balaban J connectivity index is 2.59. The maximum absolute atomic E-state index is 5.42. The predicted molar refractivity (Wildman–Crippen MR) is 77.5 cm³/mol. The fourth-order valence-electron chi connectivity index (χ4n) is 2.01. The van der Waals surface area contributed by atoms with Crippen LogP contribution in [-0.4, -0.2) is 21.3 Å². The van der Waals surface area contributed by atoms with Crippen LogP contribution in [0.15, 0.2) is 36.4 Å². The minimum Gasteiger partial charge on any atom is -0.496 e. The third-order valence-corrected chi connectivity index (χ3v) is 3.02. The van der Waals surface area contributed by atoms with Crippen molar-refractivity contribution >= 4 is 0 Å². The van der Waals surface area contributed by atoms with Crippen LogP contribution in [-0.2, 0) is 0 Å². The molecule has 0 heterocycles. The minimum absolute atomic E-state index is 0.623. The molecule has 0 aliphatic carbocycles. The topological polar surface area (TPSA) is 36.9 Å². The number of hydrogen-bond acceptors (Lipinski definition) is 4. The zero-order valence-electron chi connectivity index (χ0n) is 11.8. The van der Waals surface area contributed by atoms with Crippen molar-refractivity contribution in [3.05, 3.63) is 43.5 Å². The zero-order chi connectivity index (χ0) is 14.5. The van der Waals surface area contributed by atoms with Crippen molar-refractivity contribution in [3.8, 4) is 34.1 Å². The molecule has 4 heteroatoms. The number of methoxy groups -OCH3 is 3. The molecule has 0 spiro atoms. The highest BCUT2D eigenvalue weighted by Crippen LogP contribution is 2.40. The van der Waals surface area contributed by atoms with Gasteiger partial charge in [-0.1, -0.05) is 12.1 Å². The predicted octanol–water partition coefficient (Wildman–Crippen LogP) is 3.55. The van der Waals surface area contributed by atoms with Gasteiger partial charge in [-0.05, 0) is 23.8 Å². The minimum atomic E-state index is 0.623. The van der Waals surface area contributed by atoms with E-state index >= 15 is 0 Å². The SMILES string of the molecule is [CH2]Oc1cccc(-c2cc(OC)c(OC)cc2OC)c1. The molecule has 0 bridgehead atoms. The Morgan fingerprint density at radius 1 is 0.800 bits per heavy atom. The molecule has 0 aliphatic heterocycles. The molecular weight excluding hydrogens is 256 g/mol. The van der Waals surface area contributed by atoms with E-state index in [9.17, 15) is 0 Å². The molecule has 0 aromatic heterocycles. The Morgan fingerprint density at radius 2 is 1.45 bits per heavy atom. The quantitative estimate of drug-likeness (QED) is 0.834. The van der Waals surface area contributed by atoms with Gasteiger partial charge >= 0.3 is 0 Å². The summed E-state index contributed by atoms with van der Waals surface area (Å²) in [4.78, 5) is 0. The fraction of sp³-hybridized carbons (Fsp3) is 0.188. The summed E-state index contributed by atoms with van der Waals surface area (Å²) < 4.78 is 21.0. The van der Waals surface area contributed by atoms with Crippen molar-refractivity contribution in [2.45, 2.75) is 0 Å². The van der Waals surface area contributed by atoms with E-state index in [4.69, 9.17) is 18.9 Å². The lowest BCUT2D eigenvalue weighted by Crippen LogP contribution is -1.95. The lowest BCUT2D eigenvalue weighted by atomic mass is 10.0. The Morgan fingerprint density at radius 3 is 2.05 bits per heavy atom. The van der Waals surface area contributed by atoms with Crippen LogP contribution in [0.25, 0.3) is 11.1 Å². The van der Waals surface area contributed by atoms with Gasteiger partial charge in [0.05, 0.1) is 21.3 Å². The third-order valence-electron chi connectivity index (χ3n) is 3.02. The monoisotopic (exact) mass is 273 g/mol. The van der Waals surface area contributed by atoms with E-state index in [2.05, 4.69) is 7.11 Å². The summed E-state index contributed by atoms with van der Waals surface area (Å²) in [5.41, 5.74) is 1.84.